The van der Waals surface area contributed by atoms with Gasteiger partial charge in [0.1, 0.15) is 12.4 Å². The Kier molecular flexibility index (Phi) is 6.12. The third kappa shape index (κ3) is 5.74. The largest absolute Gasteiger partial charge is 0.485 e. The van der Waals surface area contributed by atoms with Crippen LogP contribution in [0.15, 0.2) is 58.9 Å². The summed E-state index contributed by atoms with van der Waals surface area (Å²) < 4.78 is 7.19. The van der Waals surface area contributed by atoms with Crippen molar-refractivity contribution in [2.24, 2.45) is 17.4 Å². The molecule has 1 aliphatic rings. The minimum atomic E-state index is -0.203. The molecule has 0 spiro atoms. The van der Waals surface area contributed by atoms with Gasteiger partial charge in [-0.1, -0.05) is 5.92 Å². The molecule has 0 aromatic carbocycles. The van der Waals surface area contributed by atoms with Crippen molar-refractivity contribution in [2.75, 3.05) is 0 Å². The van der Waals surface area contributed by atoms with Crippen molar-refractivity contribution < 1.29 is 4.74 Å². The SMILES string of the molecule is Cc1cc(OCc2ncccn2)cc(=O)n1C/C(N)=C/C=C(\N)C#CC1CC1. The van der Waals surface area contributed by atoms with Gasteiger partial charge in [0.15, 0.2) is 5.82 Å². The number of pyridine rings is 1. The average Bonchev–Trinajstić information content (AvgIpc) is 3.51. The highest BCUT2D eigenvalue weighted by Gasteiger charge is 2.17. The minimum Gasteiger partial charge on any atom is -0.485 e. The molecule has 2 aromatic rings. The molecule has 0 atom stereocenters. The second-order valence-electron chi connectivity index (χ2n) is 6.62. The van der Waals surface area contributed by atoms with Crippen LogP contribution in [0.4, 0.5) is 0 Å². The molecule has 0 amide bonds. The lowest BCUT2D eigenvalue weighted by atomic mass is 10.3. The summed E-state index contributed by atoms with van der Waals surface area (Å²) in [4.78, 5) is 20.6. The van der Waals surface area contributed by atoms with E-state index in [-0.39, 0.29) is 18.7 Å². The highest BCUT2D eigenvalue weighted by molar-refractivity contribution is 5.32. The van der Waals surface area contributed by atoms with Gasteiger partial charge in [-0.3, -0.25) is 4.79 Å². The van der Waals surface area contributed by atoms with Gasteiger partial charge >= 0.3 is 0 Å². The Balaban J connectivity index is 1.65. The van der Waals surface area contributed by atoms with Crippen molar-refractivity contribution in [1.29, 1.82) is 0 Å². The zero-order valence-corrected chi connectivity index (χ0v) is 15.8. The van der Waals surface area contributed by atoms with Gasteiger partial charge in [-0.15, -0.1) is 0 Å². The van der Waals surface area contributed by atoms with E-state index in [1.807, 2.05) is 6.92 Å². The summed E-state index contributed by atoms with van der Waals surface area (Å²) in [6, 6.07) is 4.94. The molecule has 0 saturated heterocycles. The van der Waals surface area contributed by atoms with Crippen LogP contribution in [0.2, 0.25) is 0 Å². The maximum Gasteiger partial charge on any atom is 0.254 e. The summed E-state index contributed by atoms with van der Waals surface area (Å²) in [5.74, 6) is 7.50. The summed E-state index contributed by atoms with van der Waals surface area (Å²) in [5.41, 5.74) is 13.4. The van der Waals surface area contributed by atoms with Crippen LogP contribution < -0.4 is 21.8 Å². The number of nitrogens with zero attached hydrogens (tertiary/aromatic N) is 3. The van der Waals surface area contributed by atoms with Crippen molar-refractivity contribution in [2.45, 2.75) is 32.9 Å². The lowest BCUT2D eigenvalue weighted by molar-refractivity contribution is 0.294. The Morgan fingerprint density at radius 1 is 1.29 bits per heavy atom. The molecule has 0 aliphatic heterocycles. The van der Waals surface area contributed by atoms with E-state index in [0.717, 1.165) is 18.5 Å². The Hall–Kier alpha value is -3.53. The molecule has 7 nitrogen and oxygen atoms in total. The van der Waals surface area contributed by atoms with E-state index in [9.17, 15) is 4.79 Å². The van der Waals surface area contributed by atoms with Gasteiger partial charge in [-0.25, -0.2) is 9.97 Å². The first-order valence-corrected chi connectivity index (χ1v) is 9.05. The fourth-order valence-electron chi connectivity index (χ4n) is 2.42. The van der Waals surface area contributed by atoms with E-state index in [4.69, 9.17) is 16.2 Å². The van der Waals surface area contributed by atoms with Crippen LogP contribution in [-0.4, -0.2) is 14.5 Å². The number of aromatic nitrogens is 3. The molecule has 1 aliphatic carbocycles. The molecule has 0 radical (unpaired) electrons. The van der Waals surface area contributed by atoms with Gasteiger partial charge in [0.2, 0.25) is 0 Å². The van der Waals surface area contributed by atoms with Gasteiger partial charge in [-0.2, -0.15) is 0 Å². The van der Waals surface area contributed by atoms with E-state index in [1.165, 1.54) is 6.07 Å². The Bertz CT molecular complexity index is 1010. The fourth-order valence-corrected chi connectivity index (χ4v) is 2.42. The van der Waals surface area contributed by atoms with Crippen LogP contribution in [0.5, 0.6) is 5.75 Å². The lowest BCUT2D eigenvalue weighted by Crippen LogP contribution is -2.24. The molecular weight excluding hydrogens is 354 g/mol. The molecule has 4 N–H and O–H groups in total. The molecule has 1 saturated carbocycles. The molecule has 144 valence electrons. The van der Waals surface area contributed by atoms with Crippen molar-refractivity contribution in [1.82, 2.24) is 14.5 Å². The van der Waals surface area contributed by atoms with Gasteiger partial charge < -0.3 is 20.8 Å². The number of hydrogen-bond donors (Lipinski definition) is 2. The summed E-state index contributed by atoms with van der Waals surface area (Å²) in [7, 11) is 0. The number of rotatable bonds is 6. The van der Waals surface area contributed by atoms with Crippen molar-refractivity contribution >= 4 is 0 Å². The molecule has 2 heterocycles. The normalized spacial score (nSPS) is 14.3. The molecule has 0 bridgehead atoms. The molecule has 7 heteroatoms. The quantitative estimate of drug-likeness (QED) is 0.585. The van der Waals surface area contributed by atoms with E-state index in [1.54, 1.807) is 41.2 Å². The fraction of sp³-hybridized carbons (Fsp3) is 0.286. The highest BCUT2D eigenvalue weighted by Crippen LogP contribution is 2.27. The summed E-state index contributed by atoms with van der Waals surface area (Å²) >= 11 is 0. The van der Waals surface area contributed by atoms with Crippen LogP contribution in [0.1, 0.15) is 24.4 Å². The molecular formula is C21H23N5O2. The Morgan fingerprint density at radius 2 is 2.04 bits per heavy atom. The first-order chi connectivity index (χ1) is 13.5. The van der Waals surface area contributed by atoms with Crippen LogP contribution in [0.3, 0.4) is 0 Å². The Labute approximate surface area is 163 Å². The number of ether oxygens (including phenoxy) is 1. The van der Waals surface area contributed by atoms with Crippen LogP contribution in [-0.2, 0) is 13.2 Å². The second-order valence-corrected chi connectivity index (χ2v) is 6.62. The summed E-state index contributed by atoms with van der Waals surface area (Å²) in [6.07, 6.45) is 8.94. The van der Waals surface area contributed by atoms with Crippen molar-refractivity contribution in [3.05, 3.63) is 76.0 Å². The van der Waals surface area contributed by atoms with E-state index in [0.29, 0.717) is 28.9 Å². The predicted octanol–water partition coefficient (Wildman–Crippen LogP) is 1.62. The second kappa shape index (κ2) is 8.91. The number of hydrogen-bond acceptors (Lipinski definition) is 6. The number of aryl methyl sites for hydroxylation is 1. The molecule has 28 heavy (non-hydrogen) atoms. The molecule has 1 fully saturated rings. The smallest absolute Gasteiger partial charge is 0.254 e. The van der Waals surface area contributed by atoms with Crippen molar-refractivity contribution in [3.63, 3.8) is 0 Å². The van der Waals surface area contributed by atoms with Crippen molar-refractivity contribution in [3.8, 4) is 17.6 Å². The maximum atomic E-state index is 12.4. The molecule has 2 aromatic heterocycles. The monoisotopic (exact) mass is 377 g/mol. The number of nitrogens with two attached hydrogens (primary N) is 2. The topological polar surface area (TPSA) is 109 Å². The average molecular weight is 377 g/mol. The van der Waals surface area contributed by atoms with Crippen LogP contribution >= 0.6 is 0 Å². The van der Waals surface area contributed by atoms with Gasteiger partial charge in [-0.05, 0) is 50.0 Å². The first kappa shape index (κ1) is 19.2. The van der Waals surface area contributed by atoms with E-state index >= 15 is 0 Å². The first-order valence-electron chi connectivity index (χ1n) is 9.05. The van der Waals surface area contributed by atoms with Crippen LogP contribution in [0.25, 0.3) is 0 Å². The van der Waals surface area contributed by atoms with Gasteiger partial charge in [0.25, 0.3) is 5.56 Å². The highest BCUT2D eigenvalue weighted by atomic mass is 16.5. The van der Waals surface area contributed by atoms with Crippen LogP contribution in [0, 0.1) is 24.7 Å². The zero-order chi connectivity index (χ0) is 19.9. The molecule has 3 rings (SSSR count). The summed E-state index contributed by atoms with van der Waals surface area (Å²) in [6.45, 7) is 2.27. The van der Waals surface area contributed by atoms with E-state index < -0.39 is 0 Å². The minimum absolute atomic E-state index is 0.192. The third-order valence-corrected chi connectivity index (χ3v) is 4.11. The van der Waals surface area contributed by atoms with Gasteiger partial charge in [0.05, 0.1) is 12.2 Å². The lowest BCUT2D eigenvalue weighted by Gasteiger charge is -2.12. The summed E-state index contributed by atoms with van der Waals surface area (Å²) in [5, 5.41) is 0. The van der Waals surface area contributed by atoms with Gasteiger partial charge in [0, 0.05) is 35.8 Å². The maximum absolute atomic E-state index is 12.4. The third-order valence-electron chi connectivity index (χ3n) is 4.11. The standard InChI is InChI=1S/C21H23N5O2/c1-15-11-19(28-14-20-24-9-2-10-25-20)12-21(27)26(15)13-18(23)8-7-17(22)6-5-16-3-4-16/h2,7-12,16H,3-4,13-14,22-23H2,1H3/b17-7-,18-8-. The Morgan fingerprint density at radius 3 is 2.71 bits per heavy atom. The zero-order valence-electron chi connectivity index (χ0n) is 15.8. The van der Waals surface area contributed by atoms with E-state index in [2.05, 4.69) is 21.8 Å². The number of allylic oxidation sites excluding steroid dienone is 4. The predicted molar refractivity (Wildman–Crippen MR) is 107 cm³/mol. The molecule has 0 unspecified atom stereocenters.